The van der Waals surface area contributed by atoms with Crippen LogP contribution in [0.2, 0.25) is 0 Å². The van der Waals surface area contributed by atoms with Crippen LogP contribution in [0.3, 0.4) is 0 Å². The van der Waals surface area contributed by atoms with E-state index in [9.17, 15) is 48.3 Å². The molecule has 136 valence electrons. The van der Waals surface area contributed by atoms with E-state index in [1.165, 1.54) is 0 Å². The Labute approximate surface area is 119 Å². The third-order valence-electron chi connectivity index (χ3n) is 2.46. The Balaban J connectivity index is 0. The molecule has 0 atom stereocenters. The van der Waals surface area contributed by atoms with Gasteiger partial charge in [-0.3, -0.25) is 4.39 Å². The van der Waals surface area contributed by atoms with Crippen LogP contribution in [0.5, 0.6) is 0 Å². The summed E-state index contributed by atoms with van der Waals surface area (Å²) in [5.74, 6) is -31.5. The minimum absolute atomic E-state index is 0. The van der Waals surface area contributed by atoms with E-state index in [1.807, 2.05) is 13.8 Å². The Morgan fingerprint density at radius 2 is 0.909 bits per heavy atom. The maximum Gasteiger partial charge on any atom is 0.384 e. The van der Waals surface area contributed by atoms with Gasteiger partial charge in [-0.2, -0.15) is 43.9 Å². The van der Waals surface area contributed by atoms with Crippen molar-refractivity contribution in [2.24, 2.45) is 5.92 Å². The van der Waals surface area contributed by atoms with E-state index in [0.717, 1.165) is 0 Å². The van der Waals surface area contributed by atoms with Gasteiger partial charge >= 0.3 is 29.6 Å². The molecule has 0 aromatic rings. The van der Waals surface area contributed by atoms with Crippen LogP contribution in [0.15, 0.2) is 0 Å². The van der Waals surface area contributed by atoms with E-state index < -0.39 is 36.0 Å². The molecule has 0 nitrogen and oxygen atoms in total. The molecular formula is C11H15F11. The molecular weight excluding hydrogens is 341 g/mol. The highest BCUT2D eigenvalue weighted by Gasteiger charge is 2.91. The second kappa shape index (κ2) is 6.38. The van der Waals surface area contributed by atoms with Gasteiger partial charge in [0.1, 0.15) is 0 Å². The van der Waals surface area contributed by atoms with E-state index in [1.54, 1.807) is 0 Å². The lowest BCUT2D eigenvalue weighted by Gasteiger charge is -2.45. The molecule has 0 N–H and O–H groups in total. The topological polar surface area (TPSA) is 0 Å². The fourth-order valence-electron chi connectivity index (χ4n) is 1.16. The zero-order valence-electron chi connectivity index (χ0n) is 10.6. The summed E-state index contributed by atoms with van der Waals surface area (Å²) >= 11 is 0. The molecule has 0 aromatic carbocycles. The molecule has 0 saturated heterocycles. The van der Waals surface area contributed by atoms with Gasteiger partial charge in [0.2, 0.25) is 0 Å². The van der Waals surface area contributed by atoms with Gasteiger partial charge in [0.25, 0.3) is 0 Å². The molecule has 1 aliphatic carbocycles. The molecule has 0 aliphatic heterocycles. The maximum atomic E-state index is 12.3. The van der Waals surface area contributed by atoms with Crippen LogP contribution in [-0.2, 0) is 0 Å². The molecule has 1 saturated carbocycles. The first-order chi connectivity index (χ1) is 8.98. The number of hydrogen-bond donors (Lipinski definition) is 0. The lowest BCUT2D eigenvalue weighted by molar-refractivity contribution is -0.443. The van der Waals surface area contributed by atoms with Crippen molar-refractivity contribution in [3.63, 3.8) is 0 Å². The Morgan fingerprint density at radius 1 is 0.682 bits per heavy atom. The predicted molar refractivity (Wildman–Crippen MR) is 56.9 cm³/mol. The molecule has 0 spiro atoms. The SMILES string of the molecule is C.CC(C)CF.FC1(F)CC(F)(F)C(F)(F)C(F)(F)C1(F)F. The van der Waals surface area contributed by atoms with Crippen molar-refractivity contribution in [1.82, 2.24) is 0 Å². The zero-order chi connectivity index (χ0) is 17.5. The lowest BCUT2D eigenvalue weighted by atomic mass is 9.83. The molecule has 0 aromatic heterocycles. The van der Waals surface area contributed by atoms with Crippen molar-refractivity contribution in [2.75, 3.05) is 6.67 Å². The third-order valence-corrected chi connectivity index (χ3v) is 2.46. The van der Waals surface area contributed by atoms with Gasteiger partial charge in [0.05, 0.1) is 13.1 Å². The average molecular weight is 356 g/mol. The summed E-state index contributed by atoms with van der Waals surface area (Å²) in [6.45, 7) is 3.50. The first-order valence-corrected chi connectivity index (χ1v) is 5.43. The summed E-state index contributed by atoms with van der Waals surface area (Å²) in [7, 11) is 0. The normalized spacial score (nSPS) is 26.5. The largest absolute Gasteiger partial charge is 0.384 e. The Morgan fingerprint density at radius 3 is 1.09 bits per heavy atom. The molecule has 22 heavy (non-hydrogen) atoms. The van der Waals surface area contributed by atoms with Gasteiger partial charge in [0.15, 0.2) is 0 Å². The van der Waals surface area contributed by atoms with Crippen molar-refractivity contribution in [2.45, 2.75) is 57.3 Å². The van der Waals surface area contributed by atoms with E-state index in [0.29, 0.717) is 0 Å². The van der Waals surface area contributed by atoms with Gasteiger partial charge in [-0.1, -0.05) is 21.3 Å². The highest BCUT2D eigenvalue weighted by atomic mass is 19.4. The number of rotatable bonds is 1. The fraction of sp³-hybridized carbons (Fsp3) is 1.00. The molecule has 0 amide bonds. The van der Waals surface area contributed by atoms with Gasteiger partial charge < -0.3 is 0 Å². The Bertz CT molecular complexity index is 331. The highest BCUT2D eigenvalue weighted by Crippen LogP contribution is 2.64. The number of alkyl halides is 11. The van der Waals surface area contributed by atoms with Crippen molar-refractivity contribution in [3.8, 4) is 0 Å². The van der Waals surface area contributed by atoms with Gasteiger partial charge in [-0.15, -0.1) is 0 Å². The van der Waals surface area contributed by atoms with Crippen LogP contribution in [0.4, 0.5) is 48.3 Å². The standard InChI is InChI=1S/C6H2F10.C4H9F.CH4/c7-2(8)1-3(9,10)5(13,14)6(15,16)4(2,11)12;1-4(2)3-5;/h1H2;4H,3H2,1-2H3;1H4. The molecule has 0 radical (unpaired) electrons. The summed E-state index contributed by atoms with van der Waals surface area (Å²) in [6.07, 6.45) is -3.34. The zero-order valence-corrected chi connectivity index (χ0v) is 10.6. The van der Waals surface area contributed by atoms with Crippen molar-refractivity contribution in [3.05, 3.63) is 0 Å². The van der Waals surface area contributed by atoms with Crippen LogP contribution in [0.1, 0.15) is 27.7 Å². The van der Waals surface area contributed by atoms with Crippen LogP contribution < -0.4 is 0 Å². The average Bonchev–Trinajstić information content (AvgIpc) is 2.26. The van der Waals surface area contributed by atoms with Crippen LogP contribution in [-0.4, -0.2) is 36.3 Å². The molecule has 0 heterocycles. The minimum Gasteiger partial charge on any atom is -0.251 e. The van der Waals surface area contributed by atoms with E-state index in [4.69, 9.17) is 0 Å². The highest BCUT2D eigenvalue weighted by molar-refractivity contribution is 5.15. The van der Waals surface area contributed by atoms with Crippen LogP contribution in [0, 0.1) is 5.92 Å². The van der Waals surface area contributed by atoms with Crippen molar-refractivity contribution in [1.29, 1.82) is 0 Å². The van der Waals surface area contributed by atoms with Crippen molar-refractivity contribution >= 4 is 0 Å². The molecule has 11 heteroatoms. The van der Waals surface area contributed by atoms with Gasteiger partial charge in [0, 0.05) is 0 Å². The first kappa shape index (κ1) is 23.5. The first-order valence-electron chi connectivity index (χ1n) is 5.43. The predicted octanol–water partition coefficient (Wildman–Crippen LogP) is 5.81. The number of halogens is 11. The second-order valence-electron chi connectivity index (χ2n) is 4.86. The fourth-order valence-corrected chi connectivity index (χ4v) is 1.16. The summed E-state index contributed by atoms with van der Waals surface area (Å²) in [6, 6.07) is 0. The summed E-state index contributed by atoms with van der Waals surface area (Å²) < 4.78 is 134. The molecule has 0 unspecified atom stereocenters. The molecule has 0 bridgehead atoms. The quantitative estimate of drug-likeness (QED) is 0.520. The monoisotopic (exact) mass is 356 g/mol. The molecule has 1 rings (SSSR count). The summed E-state index contributed by atoms with van der Waals surface area (Å²) in [5, 5.41) is 0. The minimum atomic E-state index is -6.83. The Kier molecular flexibility index (Phi) is 6.82. The van der Waals surface area contributed by atoms with Crippen molar-refractivity contribution < 1.29 is 48.3 Å². The molecule has 1 fully saturated rings. The van der Waals surface area contributed by atoms with Crippen LogP contribution >= 0.6 is 0 Å². The summed E-state index contributed by atoms with van der Waals surface area (Å²) in [4.78, 5) is 0. The second-order valence-corrected chi connectivity index (χ2v) is 4.86. The Hall–Kier alpha value is -0.770. The molecule has 1 aliphatic rings. The lowest BCUT2D eigenvalue weighted by Crippen LogP contribution is -2.73. The summed E-state index contributed by atoms with van der Waals surface area (Å²) in [5.41, 5.74) is 0. The van der Waals surface area contributed by atoms with E-state index in [-0.39, 0.29) is 20.0 Å². The van der Waals surface area contributed by atoms with E-state index in [2.05, 4.69) is 0 Å². The van der Waals surface area contributed by atoms with Crippen LogP contribution in [0.25, 0.3) is 0 Å². The number of hydrogen-bond acceptors (Lipinski definition) is 0. The smallest absolute Gasteiger partial charge is 0.251 e. The van der Waals surface area contributed by atoms with E-state index >= 15 is 0 Å². The maximum absolute atomic E-state index is 12.3. The van der Waals surface area contributed by atoms with Gasteiger partial charge in [-0.05, 0) is 5.92 Å². The van der Waals surface area contributed by atoms with Gasteiger partial charge in [-0.25, -0.2) is 0 Å². The third kappa shape index (κ3) is 3.42.